The summed E-state index contributed by atoms with van der Waals surface area (Å²) in [5.74, 6) is -2.26. The van der Waals surface area contributed by atoms with Crippen LogP contribution in [0, 0.1) is 11.3 Å². The van der Waals surface area contributed by atoms with Gasteiger partial charge in [0.05, 0.1) is 18.2 Å². The minimum Gasteiger partial charge on any atom is -0.465 e. The molecule has 0 N–H and O–H groups in total. The number of carbonyl (C=O) groups excluding carboxylic acids is 1. The second-order valence-corrected chi connectivity index (χ2v) is 3.19. The van der Waals surface area contributed by atoms with Crippen molar-refractivity contribution in [2.45, 2.75) is 13.0 Å². The number of carbonyl (C=O) groups is 1. The Balaban J connectivity index is 3.56. The molecule has 1 aromatic carbocycles. The lowest BCUT2D eigenvalue weighted by Gasteiger charge is -2.14. The van der Waals surface area contributed by atoms with E-state index in [9.17, 15) is 22.4 Å². The summed E-state index contributed by atoms with van der Waals surface area (Å²) in [5.41, 5.74) is -2.06. The number of alkyl halides is 4. The Labute approximate surface area is 105 Å². The third kappa shape index (κ3) is 3.13. The summed E-state index contributed by atoms with van der Waals surface area (Å²) in [5, 5.41) is 8.76. The molecule has 0 amide bonds. The number of hydrogen-bond donors (Lipinski definition) is 0. The fourth-order valence-electron chi connectivity index (χ4n) is 1.38. The third-order valence-corrected chi connectivity index (χ3v) is 2.14. The van der Waals surface area contributed by atoms with Crippen LogP contribution < -0.4 is 4.74 Å². The summed E-state index contributed by atoms with van der Waals surface area (Å²) in [7, 11) is 0.921. The first-order valence-corrected chi connectivity index (χ1v) is 4.80. The molecule has 0 fully saturated rings. The predicted molar refractivity (Wildman–Crippen MR) is 54.1 cm³/mol. The van der Waals surface area contributed by atoms with Crippen molar-refractivity contribution >= 4 is 5.97 Å². The highest BCUT2D eigenvalue weighted by Gasteiger charge is 2.27. The van der Waals surface area contributed by atoms with E-state index in [1.54, 1.807) is 0 Å². The zero-order valence-corrected chi connectivity index (χ0v) is 9.49. The highest BCUT2D eigenvalue weighted by Crippen LogP contribution is 2.35. The van der Waals surface area contributed by atoms with Crippen LogP contribution in [0.25, 0.3) is 0 Å². The Hall–Kier alpha value is -2.30. The van der Waals surface area contributed by atoms with Gasteiger partial charge >= 0.3 is 12.6 Å². The number of rotatable bonds is 4. The molecule has 8 heteroatoms. The van der Waals surface area contributed by atoms with Crippen molar-refractivity contribution in [3.8, 4) is 11.8 Å². The molecule has 0 aromatic heterocycles. The Morgan fingerprint density at radius 3 is 2.37 bits per heavy atom. The van der Waals surface area contributed by atoms with Gasteiger partial charge in [0.2, 0.25) is 0 Å². The second-order valence-electron chi connectivity index (χ2n) is 3.19. The van der Waals surface area contributed by atoms with Crippen LogP contribution in [-0.4, -0.2) is 19.7 Å². The molecular formula is C11H7F4NO3. The molecule has 0 heterocycles. The topological polar surface area (TPSA) is 59.3 Å². The van der Waals surface area contributed by atoms with Crippen molar-refractivity contribution in [3.63, 3.8) is 0 Å². The van der Waals surface area contributed by atoms with Crippen LogP contribution in [0.1, 0.15) is 27.9 Å². The molecule has 4 nitrogen and oxygen atoms in total. The van der Waals surface area contributed by atoms with Crippen molar-refractivity contribution in [3.05, 3.63) is 28.8 Å². The van der Waals surface area contributed by atoms with E-state index in [2.05, 4.69) is 9.47 Å². The van der Waals surface area contributed by atoms with E-state index >= 15 is 0 Å². The normalized spacial score (nSPS) is 10.4. The number of esters is 1. The zero-order valence-electron chi connectivity index (χ0n) is 9.49. The summed E-state index contributed by atoms with van der Waals surface area (Å²) in [6.07, 6.45) is -3.15. The molecule has 0 radical (unpaired) electrons. The van der Waals surface area contributed by atoms with E-state index < -0.39 is 41.4 Å². The lowest BCUT2D eigenvalue weighted by molar-refractivity contribution is -0.0525. The van der Waals surface area contributed by atoms with E-state index in [1.165, 1.54) is 6.07 Å². The molecule has 0 atom stereocenters. The van der Waals surface area contributed by atoms with Crippen LogP contribution in [0.3, 0.4) is 0 Å². The van der Waals surface area contributed by atoms with Crippen LogP contribution in [0.2, 0.25) is 0 Å². The van der Waals surface area contributed by atoms with Gasteiger partial charge in [-0.2, -0.15) is 14.0 Å². The largest absolute Gasteiger partial charge is 0.465 e. The summed E-state index contributed by atoms with van der Waals surface area (Å²) in [6, 6.07) is 3.17. The van der Waals surface area contributed by atoms with Gasteiger partial charge in [0.15, 0.2) is 5.75 Å². The molecule has 19 heavy (non-hydrogen) atoms. The van der Waals surface area contributed by atoms with Crippen LogP contribution in [0.4, 0.5) is 17.6 Å². The number of hydrogen-bond acceptors (Lipinski definition) is 4. The van der Waals surface area contributed by atoms with Crippen molar-refractivity contribution in [2.24, 2.45) is 0 Å². The third-order valence-electron chi connectivity index (χ3n) is 2.14. The number of halogens is 4. The van der Waals surface area contributed by atoms with Crippen LogP contribution >= 0.6 is 0 Å². The first kappa shape index (κ1) is 14.8. The van der Waals surface area contributed by atoms with Gasteiger partial charge < -0.3 is 9.47 Å². The SMILES string of the molecule is COC(=O)c1c(C#N)ccc(C(F)F)c1OC(F)F. The number of nitriles is 1. The molecule has 1 rings (SSSR count). The summed E-state index contributed by atoms with van der Waals surface area (Å²) < 4.78 is 58.1. The second kappa shape index (κ2) is 6.04. The highest BCUT2D eigenvalue weighted by atomic mass is 19.3. The van der Waals surface area contributed by atoms with Crippen molar-refractivity contribution < 1.29 is 31.8 Å². The Morgan fingerprint density at radius 2 is 1.95 bits per heavy atom. The van der Waals surface area contributed by atoms with Crippen LogP contribution in [0.15, 0.2) is 12.1 Å². The Kier molecular flexibility index (Phi) is 4.69. The summed E-state index contributed by atoms with van der Waals surface area (Å²) in [6.45, 7) is -3.42. The molecule has 0 aliphatic carbocycles. The van der Waals surface area contributed by atoms with Crippen LogP contribution in [-0.2, 0) is 4.74 Å². The highest BCUT2D eigenvalue weighted by molar-refractivity contribution is 5.95. The van der Waals surface area contributed by atoms with Crippen molar-refractivity contribution in [1.29, 1.82) is 5.26 Å². The quantitative estimate of drug-likeness (QED) is 0.627. The fourth-order valence-corrected chi connectivity index (χ4v) is 1.38. The number of ether oxygens (including phenoxy) is 2. The summed E-state index contributed by atoms with van der Waals surface area (Å²) >= 11 is 0. The minimum atomic E-state index is -3.42. The zero-order chi connectivity index (χ0) is 14.6. The molecule has 0 aliphatic heterocycles. The average molecular weight is 277 g/mol. The maximum Gasteiger partial charge on any atom is 0.387 e. The standard InChI is InChI=1S/C11H7F4NO3/c1-18-10(17)7-5(4-16)2-3-6(9(12)13)8(7)19-11(14)15/h2-3,9,11H,1H3. The predicted octanol–water partition coefficient (Wildman–Crippen LogP) is 2.88. The number of nitrogens with zero attached hydrogens (tertiary/aromatic N) is 1. The van der Waals surface area contributed by atoms with E-state index in [4.69, 9.17) is 5.26 Å². The maximum atomic E-state index is 12.7. The molecule has 0 aliphatic rings. The van der Waals surface area contributed by atoms with Crippen molar-refractivity contribution in [2.75, 3.05) is 7.11 Å². The van der Waals surface area contributed by atoms with Crippen molar-refractivity contribution in [1.82, 2.24) is 0 Å². The van der Waals surface area contributed by atoms with Gasteiger partial charge in [0, 0.05) is 0 Å². The van der Waals surface area contributed by atoms with Crippen LogP contribution in [0.5, 0.6) is 5.75 Å². The van der Waals surface area contributed by atoms with E-state index in [1.807, 2.05) is 0 Å². The minimum absolute atomic E-state index is 0.396. The number of methoxy groups -OCH3 is 1. The van der Waals surface area contributed by atoms with Gasteiger partial charge in [-0.25, -0.2) is 13.6 Å². The maximum absolute atomic E-state index is 12.7. The first-order valence-electron chi connectivity index (χ1n) is 4.80. The Bertz CT molecular complexity index is 525. The molecule has 0 spiro atoms. The molecule has 0 saturated heterocycles. The van der Waals surface area contributed by atoms with Gasteiger partial charge in [-0.05, 0) is 12.1 Å². The Morgan fingerprint density at radius 1 is 1.32 bits per heavy atom. The molecular weight excluding hydrogens is 270 g/mol. The van der Waals surface area contributed by atoms with Gasteiger partial charge in [0.25, 0.3) is 6.43 Å². The average Bonchev–Trinajstić information content (AvgIpc) is 2.36. The van der Waals surface area contributed by atoms with E-state index in [-0.39, 0.29) is 0 Å². The van der Waals surface area contributed by atoms with Gasteiger partial charge in [0.1, 0.15) is 11.6 Å². The monoisotopic (exact) mass is 277 g/mol. The lowest BCUT2D eigenvalue weighted by Crippen LogP contribution is -2.13. The van der Waals surface area contributed by atoms with Gasteiger partial charge in [-0.15, -0.1) is 0 Å². The van der Waals surface area contributed by atoms with Gasteiger partial charge in [-0.1, -0.05) is 0 Å². The smallest absolute Gasteiger partial charge is 0.387 e. The van der Waals surface area contributed by atoms with E-state index in [0.717, 1.165) is 19.2 Å². The molecule has 0 saturated carbocycles. The molecule has 1 aromatic rings. The summed E-state index contributed by atoms with van der Waals surface area (Å²) in [4.78, 5) is 11.4. The van der Waals surface area contributed by atoms with E-state index in [0.29, 0.717) is 0 Å². The lowest BCUT2D eigenvalue weighted by atomic mass is 10.0. The number of benzene rings is 1. The first-order chi connectivity index (χ1) is 8.92. The molecule has 102 valence electrons. The molecule has 0 unspecified atom stereocenters. The van der Waals surface area contributed by atoms with Gasteiger partial charge in [-0.3, -0.25) is 0 Å². The fraction of sp³-hybridized carbons (Fsp3) is 0.273. The molecule has 0 bridgehead atoms.